The Labute approximate surface area is 142 Å². The molecule has 0 rings (SSSR count). The fraction of sp³-hybridized carbons (Fsp3) is 0.882. The Hall–Kier alpha value is -1.46. The van der Waals surface area contributed by atoms with Crippen molar-refractivity contribution in [1.29, 1.82) is 0 Å². The zero-order valence-corrected chi connectivity index (χ0v) is 16.2. The highest BCUT2D eigenvalue weighted by molar-refractivity contribution is 5.79. The average Bonchev–Trinajstić information content (AvgIpc) is 2.42. The molecule has 23 heavy (non-hydrogen) atoms. The lowest BCUT2D eigenvalue weighted by Gasteiger charge is -2.28. The summed E-state index contributed by atoms with van der Waals surface area (Å²) in [6.07, 6.45) is 1.64. The largest absolute Gasteiger partial charge is 0.444 e. The molecular formula is C17H36N4O2. The van der Waals surface area contributed by atoms with E-state index in [1.54, 1.807) is 19.0 Å². The minimum atomic E-state index is -0.467. The SMILES string of the molecule is CN=C(NCCC(C)C)NCCC(C)N(C)C(=O)OC(C)(C)C. The normalized spacial score (nSPS) is 13.7. The summed E-state index contributed by atoms with van der Waals surface area (Å²) in [5, 5.41) is 6.57. The molecular weight excluding hydrogens is 292 g/mol. The van der Waals surface area contributed by atoms with Gasteiger partial charge in [0.2, 0.25) is 0 Å². The van der Waals surface area contributed by atoms with Gasteiger partial charge in [-0.2, -0.15) is 0 Å². The quantitative estimate of drug-likeness (QED) is 0.557. The van der Waals surface area contributed by atoms with E-state index in [-0.39, 0.29) is 12.1 Å². The van der Waals surface area contributed by atoms with Crippen molar-refractivity contribution in [2.75, 3.05) is 27.2 Å². The molecule has 0 bridgehead atoms. The van der Waals surface area contributed by atoms with Crippen molar-refractivity contribution in [2.24, 2.45) is 10.9 Å². The van der Waals surface area contributed by atoms with Crippen molar-refractivity contribution < 1.29 is 9.53 Å². The Morgan fingerprint density at radius 1 is 1.13 bits per heavy atom. The molecule has 0 heterocycles. The molecule has 0 aromatic carbocycles. The first-order valence-corrected chi connectivity index (χ1v) is 8.47. The molecule has 0 saturated heterocycles. The molecule has 0 aliphatic rings. The predicted molar refractivity (Wildman–Crippen MR) is 96.9 cm³/mol. The van der Waals surface area contributed by atoms with Crippen molar-refractivity contribution in [3.8, 4) is 0 Å². The number of carbonyl (C=O) groups is 1. The highest BCUT2D eigenvalue weighted by Crippen LogP contribution is 2.11. The van der Waals surface area contributed by atoms with Crippen LogP contribution in [0.15, 0.2) is 4.99 Å². The lowest BCUT2D eigenvalue weighted by atomic mass is 10.1. The van der Waals surface area contributed by atoms with Gasteiger partial charge >= 0.3 is 6.09 Å². The first-order chi connectivity index (χ1) is 10.6. The van der Waals surface area contributed by atoms with Crippen molar-refractivity contribution in [1.82, 2.24) is 15.5 Å². The smallest absolute Gasteiger partial charge is 0.410 e. The maximum absolute atomic E-state index is 12.0. The lowest BCUT2D eigenvalue weighted by Crippen LogP contribution is -2.43. The van der Waals surface area contributed by atoms with E-state index in [9.17, 15) is 4.79 Å². The number of aliphatic imine (C=N–C) groups is 1. The molecule has 0 fully saturated rings. The second-order valence-corrected chi connectivity index (χ2v) is 7.34. The van der Waals surface area contributed by atoms with Crippen molar-refractivity contribution >= 4 is 12.1 Å². The zero-order chi connectivity index (χ0) is 18.0. The van der Waals surface area contributed by atoms with Crippen LogP contribution in [-0.4, -0.2) is 55.8 Å². The summed E-state index contributed by atoms with van der Waals surface area (Å²) in [7, 11) is 3.54. The summed E-state index contributed by atoms with van der Waals surface area (Å²) >= 11 is 0. The Balaban J connectivity index is 4.12. The fourth-order valence-corrected chi connectivity index (χ4v) is 1.81. The summed E-state index contributed by atoms with van der Waals surface area (Å²) < 4.78 is 5.38. The third-order valence-corrected chi connectivity index (χ3v) is 3.43. The Morgan fingerprint density at radius 3 is 2.09 bits per heavy atom. The van der Waals surface area contributed by atoms with Crippen molar-refractivity contribution in [3.05, 3.63) is 0 Å². The van der Waals surface area contributed by atoms with Crippen LogP contribution in [0, 0.1) is 5.92 Å². The lowest BCUT2D eigenvalue weighted by molar-refractivity contribution is 0.0230. The number of nitrogens with zero attached hydrogens (tertiary/aromatic N) is 2. The molecule has 6 nitrogen and oxygen atoms in total. The fourth-order valence-electron chi connectivity index (χ4n) is 1.81. The third-order valence-electron chi connectivity index (χ3n) is 3.43. The molecule has 1 atom stereocenters. The van der Waals surface area contributed by atoms with E-state index < -0.39 is 5.60 Å². The van der Waals surface area contributed by atoms with E-state index in [0.29, 0.717) is 5.92 Å². The van der Waals surface area contributed by atoms with Gasteiger partial charge in [0.25, 0.3) is 0 Å². The molecule has 0 spiro atoms. The standard InChI is InChI=1S/C17H36N4O2/c1-13(2)9-11-19-15(18-7)20-12-10-14(3)21(8)16(22)23-17(4,5)6/h13-14H,9-12H2,1-8H3,(H2,18,19,20). The van der Waals surface area contributed by atoms with Crippen LogP contribution in [0.2, 0.25) is 0 Å². The highest BCUT2D eigenvalue weighted by Gasteiger charge is 2.22. The molecule has 1 unspecified atom stereocenters. The number of hydrogen-bond acceptors (Lipinski definition) is 3. The molecule has 0 aromatic rings. The van der Waals surface area contributed by atoms with Crippen LogP contribution >= 0.6 is 0 Å². The van der Waals surface area contributed by atoms with Gasteiger partial charge in [-0.05, 0) is 46.5 Å². The van der Waals surface area contributed by atoms with E-state index in [1.165, 1.54) is 0 Å². The maximum Gasteiger partial charge on any atom is 0.410 e. The van der Waals surface area contributed by atoms with Crippen LogP contribution in [0.4, 0.5) is 4.79 Å². The number of ether oxygens (including phenoxy) is 1. The topological polar surface area (TPSA) is 66.0 Å². The number of carbonyl (C=O) groups excluding carboxylic acids is 1. The summed E-state index contributed by atoms with van der Waals surface area (Å²) in [5.41, 5.74) is -0.467. The zero-order valence-electron chi connectivity index (χ0n) is 16.2. The first kappa shape index (κ1) is 21.5. The molecule has 0 aliphatic carbocycles. The summed E-state index contributed by atoms with van der Waals surface area (Å²) in [6, 6.07) is 0.0890. The monoisotopic (exact) mass is 328 g/mol. The molecule has 6 heteroatoms. The Kier molecular flexibility index (Phi) is 9.68. The van der Waals surface area contributed by atoms with Gasteiger partial charge in [-0.3, -0.25) is 4.99 Å². The molecule has 0 radical (unpaired) electrons. The molecule has 136 valence electrons. The number of amides is 1. The second kappa shape index (κ2) is 10.3. The van der Waals surface area contributed by atoms with Crippen molar-refractivity contribution in [3.63, 3.8) is 0 Å². The average molecular weight is 329 g/mol. The van der Waals surface area contributed by atoms with Crippen molar-refractivity contribution in [2.45, 2.75) is 66.0 Å². The van der Waals surface area contributed by atoms with Gasteiger partial charge < -0.3 is 20.3 Å². The van der Waals surface area contributed by atoms with E-state index >= 15 is 0 Å². The van der Waals surface area contributed by atoms with Gasteiger partial charge in [0, 0.05) is 33.2 Å². The van der Waals surface area contributed by atoms with Crippen LogP contribution in [0.25, 0.3) is 0 Å². The second-order valence-electron chi connectivity index (χ2n) is 7.34. The van der Waals surface area contributed by atoms with Crippen LogP contribution in [0.3, 0.4) is 0 Å². The van der Waals surface area contributed by atoms with Gasteiger partial charge in [0.15, 0.2) is 5.96 Å². The van der Waals surface area contributed by atoms with Crippen LogP contribution < -0.4 is 10.6 Å². The first-order valence-electron chi connectivity index (χ1n) is 8.47. The van der Waals surface area contributed by atoms with Gasteiger partial charge in [0.05, 0.1) is 0 Å². The Bertz CT molecular complexity index is 375. The van der Waals surface area contributed by atoms with Crippen LogP contribution in [0.5, 0.6) is 0 Å². The van der Waals surface area contributed by atoms with Crippen LogP contribution in [0.1, 0.15) is 54.4 Å². The molecule has 1 amide bonds. The van der Waals surface area contributed by atoms with E-state index in [2.05, 4.69) is 29.5 Å². The van der Waals surface area contributed by atoms with E-state index in [4.69, 9.17) is 4.74 Å². The summed E-state index contributed by atoms with van der Waals surface area (Å²) in [6.45, 7) is 13.7. The van der Waals surface area contributed by atoms with Crippen LogP contribution in [-0.2, 0) is 4.74 Å². The van der Waals surface area contributed by atoms with Gasteiger partial charge in [-0.1, -0.05) is 13.8 Å². The molecule has 2 N–H and O–H groups in total. The molecule has 0 aromatic heterocycles. The van der Waals surface area contributed by atoms with E-state index in [1.807, 2.05) is 27.7 Å². The highest BCUT2D eigenvalue weighted by atomic mass is 16.6. The van der Waals surface area contributed by atoms with Gasteiger partial charge in [0.1, 0.15) is 5.60 Å². The maximum atomic E-state index is 12.0. The summed E-state index contributed by atoms with van der Waals surface area (Å²) in [4.78, 5) is 17.8. The molecule has 0 aliphatic heterocycles. The number of nitrogens with one attached hydrogen (secondary N) is 2. The third kappa shape index (κ3) is 10.8. The predicted octanol–water partition coefficient (Wildman–Crippen LogP) is 2.84. The Morgan fingerprint density at radius 2 is 1.65 bits per heavy atom. The number of guanidine groups is 1. The van der Waals surface area contributed by atoms with Gasteiger partial charge in [-0.15, -0.1) is 0 Å². The minimum Gasteiger partial charge on any atom is -0.444 e. The number of hydrogen-bond donors (Lipinski definition) is 2. The molecule has 0 saturated carbocycles. The minimum absolute atomic E-state index is 0.0890. The number of rotatable bonds is 7. The van der Waals surface area contributed by atoms with E-state index in [0.717, 1.165) is 31.9 Å². The summed E-state index contributed by atoms with van der Waals surface area (Å²) in [5.74, 6) is 1.47. The van der Waals surface area contributed by atoms with Gasteiger partial charge in [-0.25, -0.2) is 4.79 Å².